The Balaban J connectivity index is 1.33. The maximum atomic E-state index is 13.5. The van der Waals surface area contributed by atoms with Crippen molar-refractivity contribution in [3.05, 3.63) is 18.0 Å². The zero-order valence-electron chi connectivity index (χ0n) is 33.5. The number of carboxylic acid groups (broad SMARTS) is 1. The lowest BCUT2D eigenvalue weighted by molar-refractivity contribution is -0.252. The number of carbonyl (C=O) groups is 1. The van der Waals surface area contributed by atoms with Crippen molar-refractivity contribution in [3.8, 4) is 0 Å². The average Bonchev–Trinajstić information content (AvgIpc) is 3.76. The van der Waals surface area contributed by atoms with Gasteiger partial charge in [-0.3, -0.25) is 4.79 Å². The normalized spacial score (nSPS) is 44.0. The van der Waals surface area contributed by atoms with Crippen LogP contribution in [0.3, 0.4) is 0 Å². The molecule has 0 radical (unpaired) electrons. The van der Waals surface area contributed by atoms with Crippen molar-refractivity contribution in [2.45, 2.75) is 138 Å². The molecule has 1 aromatic rings. The van der Waals surface area contributed by atoms with Gasteiger partial charge in [-0.1, -0.05) is 74.0 Å². The molecule has 7 rings (SSSR count). The Labute approximate surface area is 307 Å². The Morgan fingerprint density at radius 3 is 2.43 bits per heavy atom. The van der Waals surface area contributed by atoms with Gasteiger partial charge in [0.1, 0.15) is 6.33 Å². The van der Waals surface area contributed by atoms with Crippen LogP contribution in [0.25, 0.3) is 0 Å². The summed E-state index contributed by atoms with van der Waals surface area (Å²) < 4.78 is 16.2. The Morgan fingerprint density at radius 2 is 1.78 bits per heavy atom. The molecule has 1 aromatic heterocycles. The second-order valence-electron chi connectivity index (χ2n) is 20.2. The quantitative estimate of drug-likeness (QED) is 0.250. The highest BCUT2D eigenvalue weighted by Crippen LogP contribution is 2.75. The number of carboxylic acids is 1. The molecule has 9 heteroatoms. The minimum Gasteiger partial charge on any atom is -0.481 e. The van der Waals surface area contributed by atoms with Gasteiger partial charge in [-0.05, 0) is 104 Å². The fraction of sp³-hybridized carbons (Fsp3) is 0.881. The van der Waals surface area contributed by atoms with E-state index in [-0.39, 0.29) is 45.1 Å². The number of hydrogen-bond acceptors (Lipinski definition) is 7. The van der Waals surface area contributed by atoms with Gasteiger partial charge in [0.15, 0.2) is 0 Å². The van der Waals surface area contributed by atoms with E-state index in [0.717, 1.165) is 57.6 Å². The van der Waals surface area contributed by atoms with Crippen molar-refractivity contribution in [2.24, 2.45) is 68.3 Å². The van der Waals surface area contributed by atoms with Gasteiger partial charge in [0.25, 0.3) is 0 Å². The molecule has 3 saturated carbocycles. The van der Waals surface area contributed by atoms with Crippen LogP contribution in [0.1, 0.15) is 127 Å². The molecule has 4 aliphatic carbocycles. The second kappa shape index (κ2) is 12.5. The molecule has 3 N–H and O–H groups in total. The number of rotatable bonds is 9. The number of aliphatic carboxylic acids is 1. The van der Waals surface area contributed by atoms with Crippen LogP contribution in [0.15, 0.2) is 18.0 Å². The molecule has 2 saturated heterocycles. The summed E-state index contributed by atoms with van der Waals surface area (Å²) in [5.74, 6) is 1.69. The number of nitrogens with zero attached hydrogens (tertiary/aromatic N) is 4. The maximum Gasteiger partial charge on any atom is 0.307 e. The summed E-state index contributed by atoms with van der Waals surface area (Å²) >= 11 is 0. The van der Waals surface area contributed by atoms with Gasteiger partial charge < -0.3 is 25.2 Å². The monoisotopic (exact) mass is 708 g/mol. The predicted molar refractivity (Wildman–Crippen MR) is 201 cm³/mol. The minimum absolute atomic E-state index is 0.0229. The molecule has 5 fully saturated rings. The highest BCUT2D eigenvalue weighted by Gasteiger charge is 2.72. The fourth-order valence-corrected chi connectivity index (χ4v) is 13.2. The molecule has 51 heavy (non-hydrogen) atoms. The smallest absolute Gasteiger partial charge is 0.307 e. The van der Waals surface area contributed by atoms with Crippen molar-refractivity contribution in [1.29, 1.82) is 0 Å². The van der Waals surface area contributed by atoms with Crippen LogP contribution in [-0.4, -0.2) is 70.4 Å². The van der Waals surface area contributed by atoms with Gasteiger partial charge in [0, 0.05) is 29.5 Å². The topological polar surface area (TPSA) is 116 Å². The Hall–Kier alpha value is -1.97. The Morgan fingerprint density at radius 1 is 1.08 bits per heavy atom. The molecule has 0 spiro atoms. The van der Waals surface area contributed by atoms with Gasteiger partial charge in [0.05, 0.1) is 37.9 Å². The summed E-state index contributed by atoms with van der Waals surface area (Å²) in [4.78, 5) is 20.8. The lowest BCUT2D eigenvalue weighted by atomic mass is 9.34. The summed E-state index contributed by atoms with van der Waals surface area (Å²) in [5, 5.41) is 16.1. The van der Waals surface area contributed by atoms with E-state index in [1.807, 2.05) is 0 Å². The molecule has 0 amide bonds. The lowest BCUT2D eigenvalue weighted by Gasteiger charge is -2.71. The summed E-state index contributed by atoms with van der Waals surface area (Å²) in [6, 6.07) is -0.0229. The maximum absolute atomic E-state index is 13.5. The first-order valence-electron chi connectivity index (χ1n) is 20.4. The number of hydrogen-bond donors (Lipinski definition) is 2. The van der Waals surface area contributed by atoms with Gasteiger partial charge >= 0.3 is 5.97 Å². The van der Waals surface area contributed by atoms with E-state index < -0.39 is 17.4 Å². The van der Waals surface area contributed by atoms with Crippen LogP contribution < -0.4 is 10.6 Å². The van der Waals surface area contributed by atoms with E-state index in [1.165, 1.54) is 12.8 Å². The van der Waals surface area contributed by atoms with Gasteiger partial charge in [0.2, 0.25) is 5.95 Å². The largest absolute Gasteiger partial charge is 0.481 e. The van der Waals surface area contributed by atoms with Crippen LogP contribution in [-0.2, 0) is 14.3 Å². The molecule has 3 heterocycles. The molecular weight excluding hydrogens is 638 g/mol. The number of allylic oxidation sites excluding steroid dienone is 1. The third-order valence-electron chi connectivity index (χ3n) is 17.2. The van der Waals surface area contributed by atoms with Crippen LogP contribution in [0, 0.1) is 62.6 Å². The van der Waals surface area contributed by atoms with Gasteiger partial charge in [-0.2, -0.15) is 10.1 Å². The summed E-state index contributed by atoms with van der Waals surface area (Å²) in [6.07, 6.45) is 12.4. The van der Waals surface area contributed by atoms with E-state index in [9.17, 15) is 9.90 Å². The average molecular weight is 708 g/mol. The minimum atomic E-state index is -0.609. The van der Waals surface area contributed by atoms with Crippen molar-refractivity contribution >= 4 is 11.9 Å². The number of nitrogens with two attached hydrogens (primary N) is 1. The first-order valence-corrected chi connectivity index (χ1v) is 20.4. The molecule has 9 nitrogen and oxygen atoms in total. The molecule has 12 atom stereocenters. The van der Waals surface area contributed by atoms with Crippen LogP contribution >= 0.6 is 0 Å². The Bertz CT molecular complexity index is 1520. The Kier molecular flexibility index (Phi) is 9.19. The number of aromatic nitrogens is 3. The highest BCUT2D eigenvalue weighted by atomic mass is 16.5. The van der Waals surface area contributed by atoms with Crippen molar-refractivity contribution in [3.63, 3.8) is 0 Å². The van der Waals surface area contributed by atoms with E-state index in [1.54, 1.807) is 11.9 Å². The van der Waals surface area contributed by atoms with Gasteiger partial charge in [-0.15, -0.1) is 0 Å². The number of anilines is 1. The molecule has 6 aliphatic rings. The number of ether oxygens (including phenoxy) is 2. The molecule has 286 valence electrons. The van der Waals surface area contributed by atoms with E-state index >= 15 is 0 Å². The third kappa shape index (κ3) is 5.26. The molecule has 2 bridgehead atoms. The summed E-state index contributed by atoms with van der Waals surface area (Å²) in [6.45, 7) is 26.7. The number of fused-ring (bicyclic) bond motifs is 3. The fourth-order valence-electron chi connectivity index (χ4n) is 13.2. The van der Waals surface area contributed by atoms with E-state index in [2.05, 4.69) is 84.9 Å². The summed E-state index contributed by atoms with van der Waals surface area (Å²) in [5.41, 5.74) is 6.82. The van der Waals surface area contributed by atoms with E-state index in [4.69, 9.17) is 25.3 Å². The molecular formula is C42H69N5O4. The zero-order valence-corrected chi connectivity index (χ0v) is 33.5. The SMILES string of the molecule is CC(C)[C@@H](C)[C@@]1(C)CC[C@]2(C)[C@H]3CC[C@@H]4[C@@]5(COC[C@]4(C)[C@@H](OC[C@](C)(N)C(C)C)[C@H](n4ncnc4N4CCCC4)C5)C3=CC[C@@]2(C)[C@@H]1C(=O)O. The van der Waals surface area contributed by atoms with Gasteiger partial charge in [-0.25, -0.2) is 4.68 Å². The first kappa shape index (κ1) is 37.3. The lowest BCUT2D eigenvalue weighted by Crippen LogP contribution is -2.69. The van der Waals surface area contributed by atoms with Crippen LogP contribution in [0.5, 0.6) is 0 Å². The predicted octanol–water partition coefficient (Wildman–Crippen LogP) is 7.77. The second-order valence-corrected chi connectivity index (χ2v) is 20.2. The van der Waals surface area contributed by atoms with Crippen LogP contribution in [0.2, 0.25) is 0 Å². The van der Waals surface area contributed by atoms with Crippen molar-refractivity contribution < 1.29 is 19.4 Å². The third-order valence-corrected chi connectivity index (χ3v) is 17.2. The molecule has 0 unspecified atom stereocenters. The first-order chi connectivity index (χ1) is 23.9. The van der Waals surface area contributed by atoms with Crippen molar-refractivity contribution in [2.75, 3.05) is 37.8 Å². The van der Waals surface area contributed by atoms with Crippen molar-refractivity contribution in [1.82, 2.24) is 14.8 Å². The zero-order chi connectivity index (χ0) is 36.9. The molecule has 0 aromatic carbocycles. The standard InChI is InChI=1S/C42H69N5O4/c1-26(2)28(5)37(6)17-18-39(8)29-13-14-32-38(7)22-50-24-42(32,30(29)15-16-40(39,9)33(37)35(48)49)21-31(34(38)51-23-41(10,43)27(3)4)47-36(44-25-45-47)46-19-11-12-20-46/h15,25-29,31-34H,11-14,16-24,43H2,1-10H3,(H,48,49)/t28-,29+,31-,32+,33-,34+,37-,38+,39-,40+,41+,42+/m1/s1. The van der Waals surface area contributed by atoms with E-state index in [0.29, 0.717) is 43.5 Å². The highest BCUT2D eigenvalue weighted by molar-refractivity contribution is 5.73. The van der Waals surface area contributed by atoms with Crippen LogP contribution in [0.4, 0.5) is 5.95 Å². The molecule has 2 aliphatic heterocycles. The summed E-state index contributed by atoms with van der Waals surface area (Å²) in [7, 11) is 0.